The van der Waals surface area contributed by atoms with Gasteiger partial charge in [-0.1, -0.05) is 12.2 Å². The van der Waals surface area contributed by atoms with Crippen molar-refractivity contribution in [1.29, 1.82) is 0 Å². The molecule has 0 radical (unpaired) electrons. The average Bonchev–Trinajstić information content (AvgIpc) is 3.72. The molecule has 0 aliphatic carbocycles. The van der Waals surface area contributed by atoms with Gasteiger partial charge in [-0.25, -0.2) is 38.9 Å². The molecule has 0 saturated carbocycles. The van der Waals surface area contributed by atoms with Crippen LogP contribution in [0.3, 0.4) is 0 Å². The predicted octanol–water partition coefficient (Wildman–Crippen LogP) is 1.43. The van der Waals surface area contributed by atoms with Gasteiger partial charge in [0, 0.05) is 6.42 Å². The van der Waals surface area contributed by atoms with E-state index >= 15 is 4.39 Å². The smallest absolute Gasteiger partial charge is 0.382 e. The summed E-state index contributed by atoms with van der Waals surface area (Å²) < 4.78 is 66.7. The number of hydrogen-bond acceptors (Lipinski definition) is 16. The summed E-state index contributed by atoms with van der Waals surface area (Å²) in [5, 5.41) is 0. The third-order valence-corrected chi connectivity index (χ3v) is 10.3. The molecule has 3 aliphatic heterocycles. The van der Waals surface area contributed by atoms with Crippen molar-refractivity contribution in [3.8, 4) is 0 Å². The minimum atomic E-state index is -4.22. The Morgan fingerprint density at radius 2 is 1.53 bits per heavy atom. The topological polar surface area (TPSA) is 232 Å². The number of nitrogen functional groups attached to an aromatic ring is 2. The number of halogens is 1. The number of fused-ring (bicyclic) bond motifs is 5. The van der Waals surface area contributed by atoms with E-state index in [0.717, 1.165) is 0 Å². The molecule has 4 aromatic heterocycles. The van der Waals surface area contributed by atoms with E-state index in [-0.39, 0.29) is 35.8 Å². The van der Waals surface area contributed by atoms with Gasteiger partial charge in [0.05, 0.1) is 32.0 Å². The van der Waals surface area contributed by atoms with E-state index in [2.05, 4.69) is 42.2 Å². The second kappa shape index (κ2) is 10.9. The fourth-order valence-electron chi connectivity index (χ4n) is 5.18. The number of nitrogens with zero attached hydrogens (tertiary/aromatic N) is 8. The maximum atomic E-state index is 16.0. The Bertz CT molecular complexity index is 1800. The van der Waals surface area contributed by atoms with Crippen molar-refractivity contribution in [3.05, 3.63) is 25.3 Å². The van der Waals surface area contributed by atoms with Gasteiger partial charge in [0.25, 0.3) is 0 Å². The first-order valence-corrected chi connectivity index (χ1v) is 17.9. The monoisotopic (exact) mass is 676 g/mol. The Kier molecular flexibility index (Phi) is 7.41. The lowest BCUT2D eigenvalue weighted by molar-refractivity contribution is -0.0583. The molecule has 7 rings (SSSR count). The molecule has 4 aromatic rings. The zero-order valence-electron chi connectivity index (χ0n) is 21.6. The highest BCUT2D eigenvalue weighted by atomic mass is 32.7. The molecular formula is C20H23FN10O8P2S2. The van der Waals surface area contributed by atoms with Gasteiger partial charge < -0.3 is 34.9 Å². The fraction of sp³-hybridized carbons (Fsp3) is 0.500. The van der Waals surface area contributed by atoms with Gasteiger partial charge in [0.2, 0.25) is 0 Å². The van der Waals surface area contributed by atoms with Crippen LogP contribution in [-0.4, -0.2) is 87.7 Å². The minimum absolute atomic E-state index is 0.0837. The summed E-state index contributed by atoms with van der Waals surface area (Å²) in [5.41, 5.74) is 12.9. The molecule has 2 bridgehead atoms. The molecule has 3 saturated heterocycles. The second-order valence-corrected chi connectivity index (χ2v) is 15.5. The first-order chi connectivity index (χ1) is 20.5. The zero-order chi connectivity index (χ0) is 30.1. The normalized spacial score (nSPS) is 37.1. The highest BCUT2D eigenvalue weighted by Crippen LogP contribution is 2.58. The van der Waals surface area contributed by atoms with E-state index in [9.17, 15) is 9.46 Å². The fourth-order valence-corrected chi connectivity index (χ4v) is 8.13. The van der Waals surface area contributed by atoms with Crippen LogP contribution in [-0.2, 0) is 43.9 Å². The molecule has 7 heterocycles. The van der Waals surface area contributed by atoms with Gasteiger partial charge in [0.15, 0.2) is 41.6 Å². The van der Waals surface area contributed by atoms with E-state index in [1.54, 1.807) is 0 Å². The maximum Gasteiger partial charge on any atom is 0.386 e. The van der Waals surface area contributed by atoms with Gasteiger partial charge >= 0.3 is 13.5 Å². The first-order valence-electron chi connectivity index (χ1n) is 12.6. The third-order valence-electron chi connectivity index (χ3n) is 7.08. The van der Waals surface area contributed by atoms with Crippen LogP contribution in [0, 0.1) is 0 Å². The standard InChI is InChI=1S/C20H23FN10O8P2S2/c21-11-14-10(37-20(11)31-7-29-13-16(23)25-5-27-18(13)31)3-35-40(32,42)38-9-1-8(2-34-41(33,43)39-14)36-19(9)30-6-28-12-15(22)24-4-26-17(12)30/h4-11,14,19-20H,1-3H2,(H,32,42)(H,33,43)(H2,22,24,26)(H2,23,25,27)/t8-,9+,10?,11+,14+,19+,20+,40?,41?/m0/s1. The van der Waals surface area contributed by atoms with E-state index in [4.69, 9.17) is 50.8 Å². The van der Waals surface area contributed by atoms with Crippen molar-refractivity contribution in [2.45, 2.75) is 49.5 Å². The molecule has 0 spiro atoms. The molecular weight excluding hydrogens is 653 g/mol. The number of imidazole rings is 2. The quantitative estimate of drug-likeness (QED) is 0.174. The van der Waals surface area contributed by atoms with Crippen molar-refractivity contribution in [1.82, 2.24) is 39.0 Å². The molecule has 3 unspecified atom stereocenters. The van der Waals surface area contributed by atoms with Gasteiger partial charge in [-0.05, 0) is 11.8 Å². The number of aromatic nitrogens is 8. The average molecular weight is 677 g/mol. The number of thiol groups is 1. The summed E-state index contributed by atoms with van der Waals surface area (Å²) in [6, 6.07) is 0. The highest BCUT2D eigenvalue weighted by molar-refractivity contribution is 8.44. The lowest BCUT2D eigenvalue weighted by Gasteiger charge is -2.27. The molecule has 0 aromatic carbocycles. The maximum absolute atomic E-state index is 16.0. The van der Waals surface area contributed by atoms with Crippen molar-refractivity contribution < 1.29 is 41.4 Å². The Morgan fingerprint density at radius 1 is 0.907 bits per heavy atom. The van der Waals surface area contributed by atoms with Crippen molar-refractivity contribution in [3.63, 3.8) is 0 Å². The number of alkyl halides is 1. The van der Waals surface area contributed by atoms with Crippen LogP contribution in [0.4, 0.5) is 16.0 Å². The highest BCUT2D eigenvalue weighted by Gasteiger charge is 2.52. The number of nitrogens with two attached hydrogens (primary N) is 2. The molecule has 43 heavy (non-hydrogen) atoms. The summed E-state index contributed by atoms with van der Waals surface area (Å²) >= 11 is 9.37. The second-order valence-electron chi connectivity index (χ2n) is 9.80. The molecule has 23 heteroatoms. The van der Waals surface area contributed by atoms with Crippen LogP contribution in [0.25, 0.3) is 22.3 Å². The van der Waals surface area contributed by atoms with Crippen molar-refractivity contribution in [2.75, 3.05) is 24.7 Å². The number of ether oxygens (including phenoxy) is 2. The largest absolute Gasteiger partial charge is 0.386 e. The van der Waals surface area contributed by atoms with Gasteiger partial charge in [0.1, 0.15) is 42.0 Å². The Hall–Kier alpha value is -2.42. The van der Waals surface area contributed by atoms with Crippen molar-refractivity contribution >= 4 is 71.5 Å². The summed E-state index contributed by atoms with van der Waals surface area (Å²) in [4.78, 5) is 35.6. The third kappa shape index (κ3) is 5.42. The van der Waals surface area contributed by atoms with E-state index in [0.29, 0.717) is 11.2 Å². The lowest BCUT2D eigenvalue weighted by atomic mass is 10.1. The number of rotatable bonds is 2. The Balaban J connectivity index is 1.18. The summed E-state index contributed by atoms with van der Waals surface area (Å²) in [7, 11) is 0. The summed E-state index contributed by atoms with van der Waals surface area (Å²) in [6.07, 6.45) is -3.40. The van der Waals surface area contributed by atoms with E-state index < -0.39 is 63.2 Å². The van der Waals surface area contributed by atoms with E-state index in [1.165, 1.54) is 34.4 Å². The van der Waals surface area contributed by atoms with Crippen LogP contribution in [0.5, 0.6) is 0 Å². The molecule has 3 aliphatic rings. The van der Waals surface area contributed by atoms with Gasteiger partial charge in [-0.15, -0.1) is 0 Å². The van der Waals surface area contributed by atoms with Crippen LogP contribution < -0.4 is 11.5 Å². The molecule has 9 atom stereocenters. The lowest BCUT2D eigenvalue weighted by Crippen LogP contribution is -2.34. The molecule has 230 valence electrons. The SMILES string of the molecule is Nc1ncnc2c1ncn2[C@@H]1OC2COP(O)(=S)O[C@@H]3C[C@@H](COP(=O)(S)O[C@H]2[C@H]1F)O[C@H]3n1cnc2c(N)ncnc21. The molecule has 18 nitrogen and oxygen atoms in total. The van der Waals surface area contributed by atoms with Crippen LogP contribution >= 0.6 is 25.8 Å². The first kappa shape index (κ1) is 29.3. The summed E-state index contributed by atoms with van der Waals surface area (Å²) in [6.45, 7) is -9.03. The Morgan fingerprint density at radius 3 is 2.19 bits per heavy atom. The molecule has 0 amide bonds. The number of anilines is 2. The molecule has 3 fully saturated rings. The van der Waals surface area contributed by atoms with Gasteiger partial charge in [-0.2, -0.15) is 0 Å². The zero-order valence-corrected chi connectivity index (χ0v) is 25.1. The minimum Gasteiger partial charge on any atom is -0.382 e. The summed E-state index contributed by atoms with van der Waals surface area (Å²) in [5.74, 6) is 0.237. The van der Waals surface area contributed by atoms with E-state index in [1.807, 2.05) is 0 Å². The number of hydrogen-bond donors (Lipinski definition) is 4. The van der Waals surface area contributed by atoms with Crippen LogP contribution in [0.2, 0.25) is 0 Å². The van der Waals surface area contributed by atoms with Gasteiger partial charge in [-0.3, -0.25) is 18.2 Å². The van der Waals surface area contributed by atoms with Crippen LogP contribution in [0.1, 0.15) is 18.9 Å². The van der Waals surface area contributed by atoms with Crippen molar-refractivity contribution in [2.24, 2.45) is 0 Å². The van der Waals surface area contributed by atoms with Crippen LogP contribution in [0.15, 0.2) is 25.3 Å². The Labute approximate surface area is 251 Å². The predicted molar refractivity (Wildman–Crippen MR) is 152 cm³/mol. The molecule has 5 N–H and O–H groups in total.